The Labute approximate surface area is 58.3 Å². The molecule has 4 heteroatoms. The Morgan fingerprint density at radius 1 is 1.50 bits per heavy atom. The molecule has 0 bridgehead atoms. The van der Waals surface area contributed by atoms with Gasteiger partial charge in [-0.05, 0) is 6.92 Å². The van der Waals surface area contributed by atoms with Crippen LogP contribution in [-0.2, 0) is 4.79 Å². The van der Waals surface area contributed by atoms with Gasteiger partial charge in [-0.1, -0.05) is 0 Å². The van der Waals surface area contributed by atoms with Gasteiger partial charge < -0.3 is 5.32 Å². The summed E-state index contributed by atoms with van der Waals surface area (Å²) in [6.45, 7) is 1.78. The SMILES string of the molecule is Cc1nccnc1NC=O. The van der Waals surface area contributed by atoms with E-state index in [0.29, 0.717) is 12.2 Å². The number of nitrogens with one attached hydrogen (secondary N) is 1. The maximum atomic E-state index is 9.95. The number of anilines is 1. The molecular weight excluding hydrogens is 130 g/mol. The number of hydrogen-bond acceptors (Lipinski definition) is 3. The van der Waals surface area contributed by atoms with Crippen molar-refractivity contribution < 1.29 is 4.79 Å². The van der Waals surface area contributed by atoms with Gasteiger partial charge >= 0.3 is 0 Å². The zero-order chi connectivity index (χ0) is 7.40. The average molecular weight is 137 g/mol. The minimum Gasteiger partial charge on any atom is -0.312 e. The van der Waals surface area contributed by atoms with E-state index < -0.39 is 0 Å². The monoisotopic (exact) mass is 137 g/mol. The first-order valence-corrected chi connectivity index (χ1v) is 2.82. The summed E-state index contributed by atoms with van der Waals surface area (Å²) >= 11 is 0. The normalized spacial score (nSPS) is 8.90. The lowest BCUT2D eigenvalue weighted by Gasteiger charge is -1.97. The van der Waals surface area contributed by atoms with Crippen molar-refractivity contribution in [1.29, 1.82) is 0 Å². The van der Waals surface area contributed by atoms with E-state index in [1.54, 1.807) is 13.1 Å². The predicted molar refractivity (Wildman–Crippen MR) is 36.5 cm³/mol. The van der Waals surface area contributed by atoms with Crippen LogP contribution in [0.15, 0.2) is 12.4 Å². The smallest absolute Gasteiger partial charge is 0.212 e. The highest BCUT2D eigenvalue weighted by Gasteiger charge is 1.94. The predicted octanol–water partition coefficient (Wildman–Crippen LogP) is 0.353. The summed E-state index contributed by atoms with van der Waals surface area (Å²) in [6.07, 6.45) is 3.68. The van der Waals surface area contributed by atoms with Gasteiger partial charge in [0, 0.05) is 12.4 Å². The Kier molecular flexibility index (Phi) is 1.94. The van der Waals surface area contributed by atoms with Crippen LogP contribution in [-0.4, -0.2) is 16.4 Å². The first-order chi connectivity index (χ1) is 4.84. The third-order valence-electron chi connectivity index (χ3n) is 1.08. The number of nitrogens with zero attached hydrogens (tertiary/aromatic N) is 2. The van der Waals surface area contributed by atoms with Gasteiger partial charge in [0.25, 0.3) is 0 Å². The molecule has 52 valence electrons. The van der Waals surface area contributed by atoms with Crippen LogP contribution in [0.25, 0.3) is 0 Å². The van der Waals surface area contributed by atoms with Gasteiger partial charge in [0.2, 0.25) is 6.41 Å². The maximum Gasteiger partial charge on any atom is 0.212 e. The Morgan fingerprint density at radius 2 is 2.20 bits per heavy atom. The lowest BCUT2D eigenvalue weighted by molar-refractivity contribution is -0.105. The average Bonchev–Trinajstić information content (AvgIpc) is 1.94. The van der Waals surface area contributed by atoms with Gasteiger partial charge in [-0.3, -0.25) is 9.78 Å². The van der Waals surface area contributed by atoms with Gasteiger partial charge in [0.05, 0.1) is 5.69 Å². The van der Waals surface area contributed by atoms with E-state index in [0.717, 1.165) is 5.69 Å². The third-order valence-corrected chi connectivity index (χ3v) is 1.08. The van der Waals surface area contributed by atoms with Crippen LogP contribution in [0, 0.1) is 6.92 Å². The zero-order valence-corrected chi connectivity index (χ0v) is 5.53. The van der Waals surface area contributed by atoms with Crippen LogP contribution < -0.4 is 5.32 Å². The molecule has 0 atom stereocenters. The quantitative estimate of drug-likeness (QED) is 0.598. The fourth-order valence-electron chi connectivity index (χ4n) is 0.605. The summed E-state index contributed by atoms with van der Waals surface area (Å²) < 4.78 is 0. The van der Waals surface area contributed by atoms with E-state index in [1.165, 1.54) is 6.20 Å². The summed E-state index contributed by atoms with van der Waals surface area (Å²) in [6, 6.07) is 0. The Morgan fingerprint density at radius 3 is 2.80 bits per heavy atom. The molecule has 1 aromatic heterocycles. The topological polar surface area (TPSA) is 54.9 Å². The van der Waals surface area contributed by atoms with Gasteiger partial charge in [-0.2, -0.15) is 0 Å². The first kappa shape index (κ1) is 6.67. The standard InChI is InChI=1S/C6H7N3O/c1-5-6(9-4-10)8-3-2-7-5/h2-4H,1H3,(H,8,9,10). The number of carbonyl (C=O) groups is 1. The Bertz CT molecular complexity index is 236. The summed E-state index contributed by atoms with van der Waals surface area (Å²) in [5.41, 5.74) is 0.717. The number of rotatable bonds is 2. The Balaban J connectivity index is 2.91. The van der Waals surface area contributed by atoms with Crippen molar-refractivity contribution in [2.24, 2.45) is 0 Å². The van der Waals surface area contributed by atoms with E-state index in [-0.39, 0.29) is 0 Å². The zero-order valence-electron chi connectivity index (χ0n) is 5.53. The van der Waals surface area contributed by atoms with Gasteiger partial charge in [0.1, 0.15) is 0 Å². The van der Waals surface area contributed by atoms with E-state index in [1.807, 2.05) is 0 Å². The number of amides is 1. The molecule has 0 aliphatic heterocycles. The molecule has 0 aliphatic carbocycles. The van der Waals surface area contributed by atoms with Crippen molar-refractivity contribution in [3.8, 4) is 0 Å². The van der Waals surface area contributed by atoms with Crippen molar-refractivity contribution in [3.05, 3.63) is 18.1 Å². The van der Waals surface area contributed by atoms with Gasteiger partial charge in [0.15, 0.2) is 5.82 Å². The van der Waals surface area contributed by atoms with Crippen molar-refractivity contribution in [2.45, 2.75) is 6.92 Å². The van der Waals surface area contributed by atoms with Crippen molar-refractivity contribution in [3.63, 3.8) is 0 Å². The van der Waals surface area contributed by atoms with Crippen LogP contribution in [0.2, 0.25) is 0 Å². The fourth-order valence-corrected chi connectivity index (χ4v) is 0.605. The molecule has 0 aliphatic rings. The molecule has 4 nitrogen and oxygen atoms in total. The molecule has 1 amide bonds. The molecule has 10 heavy (non-hydrogen) atoms. The molecule has 0 fully saturated rings. The first-order valence-electron chi connectivity index (χ1n) is 2.82. The molecule has 0 aromatic carbocycles. The number of hydrogen-bond donors (Lipinski definition) is 1. The molecule has 1 heterocycles. The van der Waals surface area contributed by atoms with Crippen molar-refractivity contribution in [1.82, 2.24) is 9.97 Å². The van der Waals surface area contributed by atoms with Crippen LogP contribution in [0.1, 0.15) is 5.69 Å². The van der Waals surface area contributed by atoms with E-state index in [9.17, 15) is 4.79 Å². The van der Waals surface area contributed by atoms with Crippen LogP contribution in [0.5, 0.6) is 0 Å². The molecule has 0 saturated carbocycles. The minimum absolute atomic E-state index is 0.512. The molecule has 0 unspecified atom stereocenters. The fraction of sp³-hybridized carbons (Fsp3) is 0.167. The van der Waals surface area contributed by atoms with E-state index >= 15 is 0 Å². The van der Waals surface area contributed by atoms with Gasteiger partial charge in [-0.15, -0.1) is 0 Å². The number of aryl methyl sites for hydroxylation is 1. The molecule has 0 radical (unpaired) electrons. The second-order valence-corrected chi connectivity index (χ2v) is 1.75. The molecule has 1 aromatic rings. The van der Waals surface area contributed by atoms with Crippen molar-refractivity contribution in [2.75, 3.05) is 5.32 Å². The summed E-state index contributed by atoms with van der Waals surface area (Å²) in [4.78, 5) is 17.7. The van der Waals surface area contributed by atoms with Gasteiger partial charge in [-0.25, -0.2) is 4.98 Å². The summed E-state index contributed by atoms with van der Waals surface area (Å²) in [5, 5.41) is 2.42. The lowest BCUT2D eigenvalue weighted by Crippen LogP contribution is -1.99. The highest BCUT2D eigenvalue weighted by Crippen LogP contribution is 2.02. The summed E-state index contributed by atoms with van der Waals surface area (Å²) in [7, 11) is 0. The second kappa shape index (κ2) is 2.91. The van der Waals surface area contributed by atoms with E-state index in [2.05, 4.69) is 15.3 Å². The Hall–Kier alpha value is -1.45. The highest BCUT2D eigenvalue weighted by atomic mass is 16.1. The van der Waals surface area contributed by atoms with E-state index in [4.69, 9.17) is 0 Å². The second-order valence-electron chi connectivity index (χ2n) is 1.75. The largest absolute Gasteiger partial charge is 0.312 e. The highest BCUT2D eigenvalue weighted by molar-refractivity contribution is 5.69. The molecule has 1 N–H and O–H groups in total. The molecule has 0 saturated heterocycles. The maximum absolute atomic E-state index is 9.95. The van der Waals surface area contributed by atoms with Crippen molar-refractivity contribution >= 4 is 12.2 Å². The minimum atomic E-state index is 0.512. The van der Waals surface area contributed by atoms with Crippen LogP contribution in [0.4, 0.5) is 5.82 Å². The number of carbonyl (C=O) groups excluding carboxylic acids is 1. The van der Waals surface area contributed by atoms with Crippen LogP contribution >= 0.6 is 0 Å². The number of aromatic nitrogens is 2. The molecule has 1 rings (SSSR count). The lowest BCUT2D eigenvalue weighted by atomic mass is 10.4. The molecular formula is C6H7N3O. The molecule has 0 spiro atoms. The third kappa shape index (κ3) is 1.28. The van der Waals surface area contributed by atoms with Crippen LogP contribution in [0.3, 0.4) is 0 Å². The summed E-state index contributed by atoms with van der Waals surface area (Å²) in [5.74, 6) is 0.512.